The Balaban J connectivity index is 1.71. The average molecular weight is 361 g/mol. The molecule has 0 bridgehead atoms. The van der Waals surface area contributed by atoms with Gasteiger partial charge in [-0.05, 0) is 25.0 Å². The van der Waals surface area contributed by atoms with Gasteiger partial charge < -0.3 is 4.90 Å². The molecular weight excluding hydrogens is 338 g/mol. The Morgan fingerprint density at radius 1 is 1.24 bits per heavy atom. The molecule has 1 aromatic heterocycles. The fourth-order valence-electron chi connectivity index (χ4n) is 3.05. The minimum absolute atomic E-state index is 0.0982. The zero-order valence-corrected chi connectivity index (χ0v) is 15.5. The van der Waals surface area contributed by atoms with E-state index in [0.29, 0.717) is 5.56 Å². The van der Waals surface area contributed by atoms with E-state index in [0.717, 1.165) is 11.4 Å². The second kappa shape index (κ2) is 6.63. The van der Waals surface area contributed by atoms with E-state index < -0.39 is 15.1 Å². The van der Waals surface area contributed by atoms with Crippen LogP contribution in [-0.4, -0.2) is 53.1 Å². The molecule has 0 radical (unpaired) electrons. The van der Waals surface area contributed by atoms with Crippen LogP contribution in [-0.2, 0) is 9.84 Å². The summed E-state index contributed by atoms with van der Waals surface area (Å²) in [6, 6.07) is 9.60. The van der Waals surface area contributed by atoms with E-state index in [1.165, 1.54) is 0 Å². The highest BCUT2D eigenvalue weighted by Crippen LogP contribution is 2.23. The Morgan fingerprint density at radius 3 is 2.48 bits per heavy atom. The number of carbonyl (C=O) groups excluding carboxylic acids is 1. The zero-order chi connectivity index (χ0) is 18.2. The van der Waals surface area contributed by atoms with Crippen molar-refractivity contribution in [2.24, 2.45) is 5.92 Å². The number of hydrogen-bond donors (Lipinski definition) is 0. The average Bonchev–Trinajstić information content (AvgIpc) is 2.86. The van der Waals surface area contributed by atoms with Crippen molar-refractivity contribution in [3.63, 3.8) is 0 Å². The van der Waals surface area contributed by atoms with E-state index in [2.05, 4.69) is 5.10 Å². The van der Waals surface area contributed by atoms with Crippen LogP contribution in [0.1, 0.15) is 29.9 Å². The van der Waals surface area contributed by atoms with Gasteiger partial charge in [-0.15, -0.1) is 0 Å². The molecule has 6 nitrogen and oxygen atoms in total. The molecule has 1 aromatic carbocycles. The number of amides is 1. The quantitative estimate of drug-likeness (QED) is 0.817. The largest absolute Gasteiger partial charge is 0.336 e. The fourth-order valence-corrected chi connectivity index (χ4v) is 5.07. The summed E-state index contributed by atoms with van der Waals surface area (Å²) in [5.74, 6) is 0.113. The van der Waals surface area contributed by atoms with Gasteiger partial charge in [0.25, 0.3) is 5.91 Å². The van der Waals surface area contributed by atoms with Crippen molar-refractivity contribution in [1.29, 1.82) is 0 Å². The third-order valence-electron chi connectivity index (χ3n) is 4.45. The molecule has 0 saturated carbocycles. The smallest absolute Gasteiger partial charge is 0.257 e. The molecule has 1 fully saturated rings. The van der Waals surface area contributed by atoms with Gasteiger partial charge in [0.05, 0.1) is 34.1 Å². The second-order valence-electron chi connectivity index (χ2n) is 6.95. The molecule has 1 aliphatic heterocycles. The van der Waals surface area contributed by atoms with E-state index in [1.54, 1.807) is 15.8 Å². The van der Waals surface area contributed by atoms with E-state index in [4.69, 9.17) is 0 Å². The van der Waals surface area contributed by atoms with Crippen molar-refractivity contribution in [2.75, 3.05) is 18.8 Å². The molecule has 2 aromatic rings. The summed E-state index contributed by atoms with van der Waals surface area (Å²) in [6.07, 6.45) is 1.56. The number of benzene rings is 1. The van der Waals surface area contributed by atoms with Crippen LogP contribution in [0.4, 0.5) is 0 Å². The Morgan fingerprint density at radius 2 is 1.88 bits per heavy atom. The summed E-state index contributed by atoms with van der Waals surface area (Å²) in [7, 11) is -3.13. The lowest BCUT2D eigenvalue weighted by molar-refractivity contribution is 0.0658. The van der Waals surface area contributed by atoms with Gasteiger partial charge >= 0.3 is 0 Å². The van der Waals surface area contributed by atoms with Gasteiger partial charge in [0.15, 0.2) is 9.84 Å². The lowest BCUT2D eigenvalue weighted by Gasteiger charge is -2.38. The van der Waals surface area contributed by atoms with Crippen LogP contribution in [0.15, 0.2) is 36.5 Å². The number of nitrogens with zero attached hydrogens (tertiary/aromatic N) is 3. The number of para-hydroxylation sites is 1. The summed E-state index contributed by atoms with van der Waals surface area (Å²) in [5.41, 5.74) is 2.16. The van der Waals surface area contributed by atoms with Crippen molar-refractivity contribution in [1.82, 2.24) is 14.7 Å². The van der Waals surface area contributed by atoms with Crippen molar-refractivity contribution in [2.45, 2.75) is 26.0 Å². The maximum atomic E-state index is 12.7. The molecule has 1 saturated heterocycles. The maximum Gasteiger partial charge on any atom is 0.257 e. The monoisotopic (exact) mass is 361 g/mol. The SMILES string of the molecule is Cc1c(C(=O)N2CC(S(=O)(=O)CC(C)C)C2)cnn1-c1ccccc1. The lowest BCUT2D eigenvalue weighted by Crippen LogP contribution is -2.57. The number of sulfone groups is 1. The van der Waals surface area contributed by atoms with Gasteiger partial charge in [-0.25, -0.2) is 13.1 Å². The van der Waals surface area contributed by atoms with Crippen LogP contribution in [0, 0.1) is 12.8 Å². The fraction of sp³-hybridized carbons (Fsp3) is 0.444. The molecule has 1 amide bonds. The molecule has 1 aliphatic rings. The number of rotatable bonds is 5. The lowest BCUT2D eigenvalue weighted by atomic mass is 10.1. The molecule has 0 atom stereocenters. The molecule has 3 rings (SSSR count). The topological polar surface area (TPSA) is 72.3 Å². The number of carbonyl (C=O) groups is 1. The van der Waals surface area contributed by atoms with Gasteiger partial charge in [0.2, 0.25) is 0 Å². The molecular formula is C18H23N3O3S. The minimum atomic E-state index is -3.13. The Labute approximate surface area is 148 Å². The van der Waals surface area contributed by atoms with Crippen LogP contribution in [0.2, 0.25) is 0 Å². The molecule has 0 spiro atoms. The summed E-state index contributed by atoms with van der Waals surface area (Å²) >= 11 is 0. The summed E-state index contributed by atoms with van der Waals surface area (Å²) in [6.45, 7) is 6.16. The van der Waals surface area contributed by atoms with Crippen LogP contribution in [0.5, 0.6) is 0 Å². The first kappa shape index (κ1) is 17.7. The van der Waals surface area contributed by atoms with Crippen molar-refractivity contribution in [3.8, 4) is 5.69 Å². The minimum Gasteiger partial charge on any atom is -0.336 e. The van der Waals surface area contributed by atoms with Gasteiger partial charge in [-0.1, -0.05) is 32.0 Å². The standard InChI is InChI=1S/C18H23N3O3S/c1-13(2)12-25(23,24)16-10-20(11-16)18(22)17-9-19-21(14(17)3)15-7-5-4-6-8-15/h4-9,13,16H,10-12H2,1-3H3. The Kier molecular flexibility index (Phi) is 4.69. The van der Waals surface area contributed by atoms with Gasteiger partial charge in [0, 0.05) is 13.1 Å². The van der Waals surface area contributed by atoms with Gasteiger partial charge in [0.1, 0.15) is 0 Å². The van der Waals surface area contributed by atoms with Crippen molar-refractivity contribution in [3.05, 3.63) is 47.8 Å². The van der Waals surface area contributed by atoms with Gasteiger partial charge in [-0.2, -0.15) is 5.10 Å². The Hall–Kier alpha value is -2.15. The first-order valence-corrected chi connectivity index (χ1v) is 10.1. The van der Waals surface area contributed by atoms with E-state index in [9.17, 15) is 13.2 Å². The molecule has 2 heterocycles. The summed E-state index contributed by atoms with van der Waals surface area (Å²) in [5, 5.41) is 3.86. The van der Waals surface area contributed by atoms with E-state index in [1.807, 2.05) is 51.1 Å². The predicted octanol–water partition coefficient (Wildman–Crippen LogP) is 2.08. The highest BCUT2D eigenvalue weighted by atomic mass is 32.2. The van der Waals surface area contributed by atoms with Crippen LogP contribution in [0.25, 0.3) is 5.69 Å². The first-order chi connectivity index (χ1) is 11.8. The third-order valence-corrected chi connectivity index (χ3v) is 6.89. The zero-order valence-electron chi connectivity index (χ0n) is 14.7. The predicted molar refractivity (Wildman–Crippen MR) is 96.6 cm³/mol. The van der Waals surface area contributed by atoms with Gasteiger partial charge in [-0.3, -0.25) is 4.79 Å². The number of aromatic nitrogens is 2. The van der Waals surface area contributed by atoms with Crippen molar-refractivity contribution >= 4 is 15.7 Å². The third kappa shape index (κ3) is 3.46. The summed E-state index contributed by atoms with van der Waals surface area (Å²) < 4.78 is 26.2. The normalized spacial score (nSPS) is 15.4. The Bertz CT molecular complexity index is 866. The number of hydrogen-bond acceptors (Lipinski definition) is 4. The van der Waals surface area contributed by atoms with Crippen molar-refractivity contribution < 1.29 is 13.2 Å². The second-order valence-corrected chi connectivity index (χ2v) is 9.27. The number of likely N-dealkylation sites (tertiary alicyclic amines) is 1. The molecule has 0 N–H and O–H groups in total. The maximum absolute atomic E-state index is 12.7. The molecule has 0 unspecified atom stereocenters. The van der Waals surface area contributed by atoms with Crippen LogP contribution >= 0.6 is 0 Å². The first-order valence-electron chi connectivity index (χ1n) is 8.40. The summed E-state index contributed by atoms with van der Waals surface area (Å²) in [4.78, 5) is 14.3. The molecule has 134 valence electrons. The molecule has 0 aliphatic carbocycles. The highest BCUT2D eigenvalue weighted by molar-refractivity contribution is 7.92. The highest BCUT2D eigenvalue weighted by Gasteiger charge is 2.40. The molecule has 25 heavy (non-hydrogen) atoms. The van der Waals surface area contributed by atoms with E-state index in [-0.39, 0.29) is 30.7 Å². The van der Waals surface area contributed by atoms with E-state index >= 15 is 0 Å². The van der Waals surface area contributed by atoms with Crippen LogP contribution in [0.3, 0.4) is 0 Å². The van der Waals surface area contributed by atoms with Crippen LogP contribution < -0.4 is 0 Å². The molecule has 7 heteroatoms.